The summed E-state index contributed by atoms with van der Waals surface area (Å²) < 4.78 is 4.68. The SMILES string of the molecule is C=C(C)CC1COC(=O)N1. The molecule has 1 heterocycles. The predicted octanol–water partition coefficient (Wildman–Crippen LogP) is 1.06. The summed E-state index contributed by atoms with van der Waals surface area (Å²) in [5.41, 5.74) is 1.07. The number of hydrogen-bond acceptors (Lipinski definition) is 2. The second-order valence-electron chi connectivity index (χ2n) is 2.60. The Labute approximate surface area is 60.1 Å². The van der Waals surface area contributed by atoms with Gasteiger partial charge < -0.3 is 10.1 Å². The molecule has 0 spiro atoms. The summed E-state index contributed by atoms with van der Waals surface area (Å²) in [6.45, 7) is 6.15. The first kappa shape index (κ1) is 7.12. The van der Waals surface area contributed by atoms with Gasteiger partial charge in [0.15, 0.2) is 0 Å². The highest BCUT2D eigenvalue weighted by Gasteiger charge is 2.21. The standard InChI is InChI=1S/C7H11NO2/c1-5(2)3-6-4-10-7(9)8-6/h6H,1,3-4H2,2H3,(H,8,9). The third kappa shape index (κ3) is 1.76. The smallest absolute Gasteiger partial charge is 0.407 e. The summed E-state index contributed by atoms with van der Waals surface area (Å²) in [4.78, 5) is 10.5. The summed E-state index contributed by atoms with van der Waals surface area (Å²) >= 11 is 0. The zero-order valence-electron chi connectivity index (χ0n) is 6.02. The van der Waals surface area contributed by atoms with Crippen molar-refractivity contribution in [1.29, 1.82) is 0 Å². The Morgan fingerprint density at radius 3 is 3.10 bits per heavy atom. The van der Waals surface area contributed by atoms with E-state index in [4.69, 9.17) is 0 Å². The van der Waals surface area contributed by atoms with Gasteiger partial charge in [0.1, 0.15) is 6.61 Å². The van der Waals surface area contributed by atoms with Crippen molar-refractivity contribution in [3.8, 4) is 0 Å². The van der Waals surface area contributed by atoms with Crippen LogP contribution in [0.5, 0.6) is 0 Å². The molecular weight excluding hydrogens is 130 g/mol. The molecule has 0 aromatic carbocycles. The lowest BCUT2D eigenvalue weighted by atomic mass is 10.1. The Morgan fingerprint density at radius 1 is 2.00 bits per heavy atom. The van der Waals surface area contributed by atoms with E-state index in [1.165, 1.54) is 0 Å². The van der Waals surface area contributed by atoms with Crippen molar-refractivity contribution in [2.75, 3.05) is 6.61 Å². The van der Waals surface area contributed by atoms with E-state index in [0.29, 0.717) is 6.61 Å². The maximum atomic E-state index is 10.5. The van der Waals surface area contributed by atoms with Crippen LogP contribution >= 0.6 is 0 Å². The molecule has 0 aromatic rings. The van der Waals surface area contributed by atoms with Crippen LogP contribution in [0.15, 0.2) is 12.2 Å². The molecule has 1 amide bonds. The minimum Gasteiger partial charge on any atom is -0.447 e. The lowest BCUT2D eigenvalue weighted by molar-refractivity contribution is 0.177. The van der Waals surface area contributed by atoms with Crippen LogP contribution in [-0.4, -0.2) is 18.7 Å². The van der Waals surface area contributed by atoms with Crippen LogP contribution in [0.3, 0.4) is 0 Å². The van der Waals surface area contributed by atoms with E-state index in [2.05, 4.69) is 16.6 Å². The van der Waals surface area contributed by atoms with E-state index in [1.54, 1.807) is 0 Å². The summed E-state index contributed by atoms with van der Waals surface area (Å²) in [5.74, 6) is 0. The molecule has 0 radical (unpaired) electrons. The molecule has 1 unspecified atom stereocenters. The average molecular weight is 141 g/mol. The molecule has 1 rings (SSSR count). The van der Waals surface area contributed by atoms with Crippen LogP contribution in [0.2, 0.25) is 0 Å². The van der Waals surface area contributed by atoms with Crippen LogP contribution in [-0.2, 0) is 4.74 Å². The number of carbonyl (C=O) groups excluding carboxylic acids is 1. The summed E-state index contributed by atoms with van der Waals surface area (Å²) in [6, 6.07) is 0.144. The second-order valence-corrected chi connectivity index (χ2v) is 2.60. The van der Waals surface area contributed by atoms with Crippen LogP contribution in [0.1, 0.15) is 13.3 Å². The molecule has 3 heteroatoms. The largest absolute Gasteiger partial charge is 0.447 e. The number of ether oxygens (including phenoxy) is 1. The molecule has 1 atom stereocenters. The van der Waals surface area contributed by atoms with Crippen molar-refractivity contribution in [3.05, 3.63) is 12.2 Å². The zero-order valence-corrected chi connectivity index (χ0v) is 6.02. The lowest BCUT2D eigenvalue weighted by Crippen LogP contribution is -2.25. The van der Waals surface area contributed by atoms with Crippen LogP contribution in [0.4, 0.5) is 4.79 Å². The number of carbonyl (C=O) groups is 1. The maximum Gasteiger partial charge on any atom is 0.407 e. The molecule has 0 bridgehead atoms. The monoisotopic (exact) mass is 141 g/mol. The number of nitrogens with one attached hydrogen (secondary N) is 1. The van der Waals surface area contributed by atoms with Gasteiger partial charge in [-0.15, -0.1) is 6.58 Å². The minimum atomic E-state index is -0.314. The van der Waals surface area contributed by atoms with Crippen molar-refractivity contribution in [2.24, 2.45) is 0 Å². The molecule has 56 valence electrons. The highest BCUT2D eigenvalue weighted by Crippen LogP contribution is 2.06. The fourth-order valence-electron chi connectivity index (χ4n) is 0.957. The first-order valence-electron chi connectivity index (χ1n) is 3.26. The molecule has 10 heavy (non-hydrogen) atoms. The van der Waals surface area contributed by atoms with Crippen molar-refractivity contribution in [3.63, 3.8) is 0 Å². The summed E-state index contributed by atoms with van der Waals surface area (Å²) in [6.07, 6.45) is 0.498. The lowest BCUT2D eigenvalue weighted by Gasteiger charge is -2.04. The van der Waals surface area contributed by atoms with Gasteiger partial charge in [0, 0.05) is 0 Å². The van der Waals surface area contributed by atoms with Gasteiger partial charge in [-0.2, -0.15) is 0 Å². The van der Waals surface area contributed by atoms with Crippen molar-refractivity contribution >= 4 is 6.09 Å². The molecular formula is C7H11NO2. The quantitative estimate of drug-likeness (QED) is 0.584. The summed E-state index contributed by atoms with van der Waals surface area (Å²) in [5, 5.41) is 2.66. The molecule has 1 aliphatic heterocycles. The first-order valence-corrected chi connectivity index (χ1v) is 3.26. The Hall–Kier alpha value is -0.990. The van der Waals surface area contributed by atoms with E-state index in [-0.39, 0.29) is 12.1 Å². The predicted molar refractivity (Wildman–Crippen MR) is 37.7 cm³/mol. The fraction of sp³-hybridized carbons (Fsp3) is 0.571. The van der Waals surface area contributed by atoms with Crippen molar-refractivity contribution in [2.45, 2.75) is 19.4 Å². The van der Waals surface area contributed by atoms with Crippen molar-refractivity contribution in [1.82, 2.24) is 5.32 Å². The number of amides is 1. The van der Waals surface area contributed by atoms with Crippen LogP contribution in [0.25, 0.3) is 0 Å². The minimum absolute atomic E-state index is 0.144. The van der Waals surface area contributed by atoms with E-state index < -0.39 is 0 Å². The highest BCUT2D eigenvalue weighted by atomic mass is 16.6. The van der Waals surface area contributed by atoms with E-state index in [0.717, 1.165) is 12.0 Å². The van der Waals surface area contributed by atoms with Gasteiger partial charge in [0.25, 0.3) is 0 Å². The third-order valence-corrected chi connectivity index (χ3v) is 1.33. The van der Waals surface area contributed by atoms with E-state index in [1.807, 2.05) is 6.92 Å². The number of cyclic esters (lactones) is 1. The van der Waals surface area contributed by atoms with Gasteiger partial charge >= 0.3 is 6.09 Å². The molecule has 1 fully saturated rings. The molecule has 1 aliphatic rings. The van der Waals surface area contributed by atoms with Gasteiger partial charge in [0.05, 0.1) is 6.04 Å². The Bertz CT molecular complexity index is 165. The fourth-order valence-corrected chi connectivity index (χ4v) is 0.957. The van der Waals surface area contributed by atoms with Gasteiger partial charge in [0.2, 0.25) is 0 Å². The van der Waals surface area contributed by atoms with Gasteiger partial charge in [-0.3, -0.25) is 0 Å². The van der Waals surface area contributed by atoms with Crippen LogP contribution < -0.4 is 5.32 Å². The normalized spacial score (nSPS) is 23.7. The Balaban J connectivity index is 2.31. The number of hydrogen-bond donors (Lipinski definition) is 1. The molecule has 1 saturated heterocycles. The maximum absolute atomic E-state index is 10.5. The van der Waals surface area contributed by atoms with Crippen LogP contribution in [0, 0.1) is 0 Å². The molecule has 0 saturated carbocycles. The number of alkyl carbamates (subject to hydrolysis) is 1. The van der Waals surface area contributed by atoms with Gasteiger partial charge in [-0.05, 0) is 13.3 Å². The Kier molecular flexibility index (Phi) is 1.94. The van der Waals surface area contributed by atoms with Gasteiger partial charge in [-0.25, -0.2) is 4.79 Å². The summed E-state index contributed by atoms with van der Waals surface area (Å²) in [7, 11) is 0. The molecule has 1 N–H and O–H groups in total. The molecule has 3 nitrogen and oxygen atoms in total. The second kappa shape index (κ2) is 2.73. The van der Waals surface area contributed by atoms with E-state index in [9.17, 15) is 4.79 Å². The van der Waals surface area contributed by atoms with Crippen molar-refractivity contribution < 1.29 is 9.53 Å². The number of rotatable bonds is 2. The Morgan fingerprint density at radius 2 is 2.70 bits per heavy atom. The topological polar surface area (TPSA) is 38.3 Å². The van der Waals surface area contributed by atoms with E-state index >= 15 is 0 Å². The van der Waals surface area contributed by atoms with Gasteiger partial charge in [-0.1, -0.05) is 5.57 Å². The highest BCUT2D eigenvalue weighted by molar-refractivity contribution is 5.69. The average Bonchev–Trinajstić information content (AvgIpc) is 2.13. The first-order chi connectivity index (χ1) is 4.68. The third-order valence-electron chi connectivity index (χ3n) is 1.33. The molecule has 0 aromatic heterocycles. The molecule has 0 aliphatic carbocycles. The zero-order chi connectivity index (χ0) is 7.56.